The van der Waals surface area contributed by atoms with Crippen LogP contribution in [-0.2, 0) is 11.2 Å². The van der Waals surface area contributed by atoms with Crippen molar-refractivity contribution in [3.05, 3.63) is 40.6 Å². The highest BCUT2D eigenvalue weighted by Crippen LogP contribution is 2.39. The van der Waals surface area contributed by atoms with Crippen molar-refractivity contribution in [3.8, 4) is 5.82 Å². The molecule has 2 N–H and O–H groups in total. The van der Waals surface area contributed by atoms with E-state index in [0.29, 0.717) is 17.4 Å². The van der Waals surface area contributed by atoms with Crippen molar-refractivity contribution < 1.29 is 4.79 Å². The van der Waals surface area contributed by atoms with Crippen LogP contribution >= 0.6 is 11.3 Å². The van der Waals surface area contributed by atoms with Gasteiger partial charge in [-0.3, -0.25) is 9.89 Å². The van der Waals surface area contributed by atoms with Crippen molar-refractivity contribution in [2.24, 2.45) is 0 Å². The van der Waals surface area contributed by atoms with Crippen molar-refractivity contribution >= 4 is 23.1 Å². The zero-order valence-corrected chi connectivity index (χ0v) is 12.5. The highest BCUT2D eigenvalue weighted by molar-refractivity contribution is 7.07. The molecule has 0 saturated heterocycles. The number of rotatable bonds is 5. The fourth-order valence-corrected chi connectivity index (χ4v) is 2.78. The predicted molar refractivity (Wildman–Crippen MR) is 82.1 cm³/mol. The third-order valence-electron chi connectivity index (χ3n) is 3.52. The van der Waals surface area contributed by atoms with Crippen molar-refractivity contribution in [3.63, 3.8) is 0 Å². The second kappa shape index (κ2) is 5.38. The zero-order valence-electron chi connectivity index (χ0n) is 11.7. The number of nitrogens with zero attached hydrogens (tertiary/aromatic N) is 4. The number of hydrogen-bond acceptors (Lipinski definition) is 5. The van der Waals surface area contributed by atoms with E-state index in [9.17, 15) is 4.79 Å². The van der Waals surface area contributed by atoms with E-state index < -0.39 is 0 Å². The molecule has 0 spiro atoms. The number of aromatic nitrogens is 5. The summed E-state index contributed by atoms with van der Waals surface area (Å²) in [5.41, 5.74) is 3.55. The first kappa shape index (κ1) is 13.2. The molecule has 1 aliphatic carbocycles. The first-order chi connectivity index (χ1) is 10.8. The van der Waals surface area contributed by atoms with Gasteiger partial charge in [-0.2, -0.15) is 10.2 Å². The molecule has 0 radical (unpaired) electrons. The third-order valence-corrected chi connectivity index (χ3v) is 4.10. The standard InChI is InChI=1S/C14H14N6OS/c21-14(16-12-6-11(17-18-12)9-1-2-9)5-10-3-4-20(19-10)13-7-22-8-15-13/h3-4,6-9H,1-2,5H2,(H2,16,17,18,21). The number of thiazole rings is 1. The lowest BCUT2D eigenvalue weighted by molar-refractivity contribution is -0.115. The summed E-state index contributed by atoms with van der Waals surface area (Å²) in [4.78, 5) is 16.2. The molecule has 0 atom stereocenters. The molecule has 3 aromatic rings. The van der Waals surface area contributed by atoms with Crippen LogP contribution in [0.3, 0.4) is 0 Å². The molecule has 3 aromatic heterocycles. The Bertz CT molecular complexity index is 786. The Morgan fingerprint density at radius 3 is 3.18 bits per heavy atom. The fourth-order valence-electron chi connectivity index (χ4n) is 2.26. The van der Waals surface area contributed by atoms with Gasteiger partial charge in [-0.1, -0.05) is 0 Å². The number of amides is 1. The highest BCUT2D eigenvalue weighted by Gasteiger charge is 2.25. The molecular weight excluding hydrogens is 300 g/mol. The summed E-state index contributed by atoms with van der Waals surface area (Å²) in [5.74, 6) is 1.80. The largest absolute Gasteiger partial charge is 0.309 e. The summed E-state index contributed by atoms with van der Waals surface area (Å²) in [5, 5.41) is 16.1. The van der Waals surface area contributed by atoms with Crippen LogP contribution < -0.4 is 5.32 Å². The van der Waals surface area contributed by atoms with Gasteiger partial charge in [0, 0.05) is 29.3 Å². The molecule has 4 rings (SSSR count). The van der Waals surface area contributed by atoms with Crippen LogP contribution in [0, 0.1) is 0 Å². The molecule has 22 heavy (non-hydrogen) atoms. The van der Waals surface area contributed by atoms with Crippen molar-refractivity contribution in [2.45, 2.75) is 25.2 Å². The van der Waals surface area contributed by atoms with Crippen LogP contribution in [0.5, 0.6) is 0 Å². The average molecular weight is 314 g/mol. The van der Waals surface area contributed by atoms with Crippen LogP contribution in [0.25, 0.3) is 5.82 Å². The van der Waals surface area contributed by atoms with E-state index in [4.69, 9.17) is 0 Å². The number of carbonyl (C=O) groups is 1. The maximum atomic E-state index is 12.0. The number of H-pyrrole nitrogens is 1. The number of carbonyl (C=O) groups excluding carboxylic acids is 1. The van der Waals surface area contributed by atoms with Crippen LogP contribution in [-0.4, -0.2) is 30.9 Å². The molecule has 8 heteroatoms. The number of nitrogens with one attached hydrogen (secondary N) is 2. The maximum Gasteiger partial charge on any atom is 0.231 e. The van der Waals surface area contributed by atoms with Gasteiger partial charge >= 0.3 is 0 Å². The monoisotopic (exact) mass is 314 g/mol. The minimum atomic E-state index is -0.127. The molecular formula is C14H14N6OS. The zero-order chi connectivity index (χ0) is 14.9. The van der Waals surface area contributed by atoms with Crippen LogP contribution in [0.4, 0.5) is 5.82 Å². The second-order valence-electron chi connectivity index (χ2n) is 5.31. The van der Waals surface area contributed by atoms with Gasteiger partial charge in [0.2, 0.25) is 5.91 Å². The van der Waals surface area contributed by atoms with E-state index in [1.807, 2.05) is 17.5 Å². The van der Waals surface area contributed by atoms with Gasteiger partial charge in [0.1, 0.15) is 0 Å². The smallest absolute Gasteiger partial charge is 0.231 e. The minimum absolute atomic E-state index is 0.127. The normalized spacial score (nSPS) is 14.2. The topological polar surface area (TPSA) is 88.5 Å². The Kier molecular flexibility index (Phi) is 3.23. The Morgan fingerprint density at radius 2 is 2.41 bits per heavy atom. The number of anilines is 1. The van der Waals surface area contributed by atoms with E-state index in [-0.39, 0.29) is 12.3 Å². The fraction of sp³-hybridized carbons (Fsp3) is 0.286. The first-order valence-electron chi connectivity index (χ1n) is 7.06. The first-order valence-corrected chi connectivity index (χ1v) is 8.00. The molecule has 0 bridgehead atoms. The number of hydrogen-bond donors (Lipinski definition) is 2. The Morgan fingerprint density at radius 1 is 1.50 bits per heavy atom. The summed E-state index contributed by atoms with van der Waals surface area (Å²) >= 11 is 1.51. The van der Waals surface area contributed by atoms with Crippen molar-refractivity contribution in [2.75, 3.05) is 5.32 Å². The summed E-state index contributed by atoms with van der Waals surface area (Å²) < 4.78 is 1.67. The molecule has 3 heterocycles. The quantitative estimate of drug-likeness (QED) is 0.755. The summed E-state index contributed by atoms with van der Waals surface area (Å²) in [6, 6.07) is 3.72. The van der Waals surface area contributed by atoms with Crippen molar-refractivity contribution in [1.82, 2.24) is 25.0 Å². The number of aromatic amines is 1. The Labute approximate surface area is 130 Å². The molecule has 112 valence electrons. The second-order valence-corrected chi connectivity index (χ2v) is 6.02. The summed E-state index contributed by atoms with van der Waals surface area (Å²) in [6.45, 7) is 0. The molecule has 0 aromatic carbocycles. The molecule has 1 amide bonds. The van der Waals surface area contributed by atoms with Gasteiger partial charge in [-0.05, 0) is 18.9 Å². The summed E-state index contributed by atoms with van der Waals surface area (Å²) in [7, 11) is 0. The molecule has 1 aliphatic rings. The van der Waals surface area contributed by atoms with Gasteiger partial charge in [0.15, 0.2) is 11.6 Å². The predicted octanol–water partition coefficient (Wildman–Crippen LogP) is 2.11. The van der Waals surface area contributed by atoms with E-state index in [0.717, 1.165) is 11.5 Å². The molecule has 7 nitrogen and oxygen atoms in total. The Balaban J connectivity index is 1.39. The maximum absolute atomic E-state index is 12.0. The lowest BCUT2D eigenvalue weighted by atomic mass is 10.3. The van der Waals surface area contributed by atoms with Crippen molar-refractivity contribution in [1.29, 1.82) is 0 Å². The molecule has 0 aliphatic heterocycles. The van der Waals surface area contributed by atoms with Gasteiger partial charge in [-0.25, -0.2) is 9.67 Å². The SMILES string of the molecule is O=C(Cc1ccn(-c2cscn2)n1)Nc1cc(C2CC2)[nH]n1. The third kappa shape index (κ3) is 2.77. The molecule has 0 unspecified atom stereocenters. The Hall–Kier alpha value is -2.48. The van der Waals surface area contributed by atoms with E-state index in [2.05, 4.69) is 25.6 Å². The van der Waals surface area contributed by atoms with E-state index in [1.54, 1.807) is 16.4 Å². The van der Waals surface area contributed by atoms with Gasteiger partial charge in [-0.15, -0.1) is 11.3 Å². The van der Waals surface area contributed by atoms with Crippen LogP contribution in [0.15, 0.2) is 29.2 Å². The van der Waals surface area contributed by atoms with Gasteiger partial charge < -0.3 is 5.32 Å². The highest BCUT2D eigenvalue weighted by atomic mass is 32.1. The minimum Gasteiger partial charge on any atom is -0.309 e. The average Bonchev–Trinajstić information content (AvgIpc) is 2.95. The lowest BCUT2D eigenvalue weighted by Crippen LogP contribution is -2.15. The summed E-state index contributed by atoms with van der Waals surface area (Å²) in [6.07, 6.45) is 4.41. The van der Waals surface area contributed by atoms with E-state index >= 15 is 0 Å². The van der Waals surface area contributed by atoms with E-state index in [1.165, 1.54) is 24.2 Å². The van der Waals surface area contributed by atoms with Crippen LogP contribution in [0.1, 0.15) is 30.1 Å². The van der Waals surface area contributed by atoms with Gasteiger partial charge in [0.25, 0.3) is 0 Å². The molecule has 1 fully saturated rings. The van der Waals surface area contributed by atoms with Gasteiger partial charge in [0.05, 0.1) is 17.6 Å². The lowest BCUT2D eigenvalue weighted by Gasteiger charge is -1.99. The molecule has 1 saturated carbocycles. The van der Waals surface area contributed by atoms with Crippen LogP contribution in [0.2, 0.25) is 0 Å².